The number of aromatic amines is 1. The Hall–Kier alpha value is -1.93. The summed E-state index contributed by atoms with van der Waals surface area (Å²) in [6, 6.07) is 5.74. The molecule has 124 valence electrons. The zero-order valence-corrected chi connectivity index (χ0v) is 12.3. The second-order valence-electron chi connectivity index (χ2n) is 5.66. The third kappa shape index (κ3) is 3.37. The average Bonchev–Trinajstić information content (AvgIpc) is 3.08. The number of nitrogens with one attached hydrogen (secondary N) is 1. The second kappa shape index (κ2) is 6.29. The van der Waals surface area contributed by atoms with Crippen LogP contribution in [0.15, 0.2) is 30.5 Å². The molecule has 1 fully saturated rings. The van der Waals surface area contributed by atoms with Crippen molar-refractivity contribution in [3.8, 4) is 0 Å². The van der Waals surface area contributed by atoms with Gasteiger partial charge in [0.05, 0.1) is 11.8 Å². The van der Waals surface area contributed by atoms with Crippen LogP contribution in [0.2, 0.25) is 0 Å². The molecule has 23 heavy (non-hydrogen) atoms. The summed E-state index contributed by atoms with van der Waals surface area (Å²) in [7, 11) is 0. The largest absolute Gasteiger partial charge is 0.416 e. The molecular weight excluding hydrogens is 309 g/mol. The molecule has 0 amide bonds. The highest BCUT2D eigenvalue weighted by Crippen LogP contribution is 2.39. The summed E-state index contributed by atoms with van der Waals surface area (Å²) in [5, 5.41) is 20.1. The van der Waals surface area contributed by atoms with Crippen molar-refractivity contribution in [2.75, 3.05) is 13.1 Å². The van der Waals surface area contributed by atoms with E-state index >= 15 is 0 Å². The van der Waals surface area contributed by atoms with Crippen LogP contribution < -0.4 is 0 Å². The second-order valence-corrected chi connectivity index (χ2v) is 5.66. The summed E-state index contributed by atoms with van der Waals surface area (Å²) in [5.41, 5.74) is 0.199. The molecule has 1 saturated heterocycles. The molecule has 0 aliphatic carbocycles. The number of aliphatic hydroxyl groups is 1. The lowest BCUT2D eigenvalue weighted by Crippen LogP contribution is -2.36. The van der Waals surface area contributed by atoms with Gasteiger partial charge in [0.1, 0.15) is 5.69 Å². The van der Waals surface area contributed by atoms with Crippen molar-refractivity contribution in [2.24, 2.45) is 0 Å². The van der Waals surface area contributed by atoms with Crippen LogP contribution in [0.5, 0.6) is 0 Å². The van der Waals surface area contributed by atoms with Gasteiger partial charge in [0, 0.05) is 13.1 Å². The first-order valence-corrected chi connectivity index (χ1v) is 7.40. The van der Waals surface area contributed by atoms with E-state index in [0.29, 0.717) is 37.2 Å². The Balaban J connectivity index is 1.70. The standard InChI is InChI=1S/C15H17F3N4O/c16-15(17,18)12-4-2-1-3-11(12)10-5-7-22(8-6-10)14(23)13-9-19-21-20-13/h1-4,9-10,14,23H,5-8H2,(H,19,20,21). The van der Waals surface area contributed by atoms with Gasteiger partial charge in [-0.2, -0.15) is 28.6 Å². The quantitative estimate of drug-likeness (QED) is 0.910. The minimum absolute atomic E-state index is 0.159. The van der Waals surface area contributed by atoms with Gasteiger partial charge < -0.3 is 5.11 Å². The van der Waals surface area contributed by atoms with Crippen molar-refractivity contribution in [2.45, 2.75) is 31.2 Å². The van der Waals surface area contributed by atoms with E-state index in [1.807, 2.05) is 0 Å². The Kier molecular flexibility index (Phi) is 4.36. The van der Waals surface area contributed by atoms with Crippen LogP contribution in [0.3, 0.4) is 0 Å². The maximum atomic E-state index is 13.1. The van der Waals surface area contributed by atoms with Crippen molar-refractivity contribution in [3.05, 3.63) is 47.3 Å². The first-order chi connectivity index (χ1) is 11.0. The SMILES string of the molecule is OC(c1cn[nH]n1)N1CCC(c2ccccc2C(F)(F)F)CC1. The Labute approximate surface area is 131 Å². The first kappa shape index (κ1) is 15.9. The van der Waals surface area contributed by atoms with Crippen LogP contribution in [0.1, 0.15) is 41.8 Å². The molecule has 1 aliphatic rings. The third-order valence-corrected chi connectivity index (χ3v) is 4.28. The van der Waals surface area contributed by atoms with Gasteiger partial charge >= 0.3 is 6.18 Å². The normalized spacial score (nSPS) is 19.0. The summed E-state index contributed by atoms with van der Waals surface area (Å²) in [4.78, 5) is 1.80. The van der Waals surface area contributed by atoms with E-state index in [1.165, 1.54) is 12.3 Å². The van der Waals surface area contributed by atoms with Gasteiger partial charge in [-0.1, -0.05) is 18.2 Å². The summed E-state index contributed by atoms with van der Waals surface area (Å²) in [6.07, 6.45) is -2.67. The van der Waals surface area contributed by atoms with Gasteiger partial charge in [-0.05, 0) is 30.4 Å². The number of piperidine rings is 1. The van der Waals surface area contributed by atoms with E-state index < -0.39 is 18.0 Å². The predicted molar refractivity (Wildman–Crippen MR) is 76.3 cm³/mol. The lowest BCUT2D eigenvalue weighted by molar-refractivity contribution is -0.138. The number of benzene rings is 1. The number of likely N-dealkylation sites (tertiary alicyclic amines) is 1. The van der Waals surface area contributed by atoms with E-state index in [0.717, 1.165) is 6.07 Å². The molecule has 0 radical (unpaired) electrons. The fourth-order valence-corrected chi connectivity index (χ4v) is 3.09. The molecule has 5 nitrogen and oxygen atoms in total. The highest BCUT2D eigenvalue weighted by molar-refractivity contribution is 5.33. The van der Waals surface area contributed by atoms with Crippen LogP contribution >= 0.6 is 0 Å². The van der Waals surface area contributed by atoms with Gasteiger partial charge in [-0.3, -0.25) is 4.90 Å². The smallest absolute Gasteiger partial charge is 0.372 e. The molecule has 0 spiro atoms. The lowest BCUT2D eigenvalue weighted by Gasteiger charge is -2.35. The van der Waals surface area contributed by atoms with Crippen molar-refractivity contribution in [3.63, 3.8) is 0 Å². The molecule has 0 bridgehead atoms. The van der Waals surface area contributed by atoms with Gasteiger partial charge in [0.25, 0.3) is 0 Å². The highest BCUT2D eigenvalue weighted by Gasteiger charge is 2.36. The number of nitrogens with zero attached hydrogens (tertiary/aromatic N) is 3. The van der Waals surface area contributed by atoms with E-state index in [2.05, 4.69) is 15.4 Å². The van der Waals surface area contributed by atoms with Crippen molar-refractivity contribution < 1.29 is 18.3 Å². The molecule has 1 aliphatic heterocycles. The van der Waals surface area contributed by atoms with Crippen LogP contribution in [0.4, 0.5) is 13.2 Å². The molecular formula is C15H17F3N4O. The topological polar surface area (TPSA) is 65.0 Å². The van der Waals surface area contributed by atoms with Crippen LogP contribution in [-0.2, 0) is 6.18 Å². The first-order valence-electron chi connectivity index (χ1n) is 7.40. The zero-order valence-electron chi connectivity index (χ0n) is 12.3. The number of halogens is 3. The molecule has 1 aromatic heterocycles. The maximum Gasteiger partial charge on any atom is 0.416 e. The van der Waals surface area contributed by atoms with E-state index in [9.17, 15) is 18.3 Å². The fourth-order valence-electron chi connectivity index (χ4n) is 3.09. The minimum atomic E-state index is -4.34. The molecule has 2 heterocycles. The number of rotatable bonds is 3. The molecule has 1 aromatic carbocycles. The van der Waals surface area contributed by atoms with E-state index in [4.69, 9.17) is 0 Å². The summed E-state index contributed by atoms with van der Waals surface area (Å²) in [6.45, 7) is 1.01. The fraction of sp³-hybridized carbons (Fsp3) is 0.467. The molecule has 3 rings (SSSR count). The Morgan fingerprint density at radius 1 is 1.22 bits per heavy atom. The molecule has 1 atom stereocenters. The summed E-state index contributed by atoms with van der Waals surface area (Å²) in [5.74, 6) is -0.159. The molecule has 8 heteroatoms. The third-order valence-electron chi connectivity index (χ3n) is 4.28. The van der Waals surface area contributed by atoms with Gasteiger partial charge in [0.2, 0.25) is 0 Å². The van der Waals surface area contributed by atoms with Crippen LogP contribution in [-0.4, -0.2) is 38.5 Å². The number of hydrogen-bond donors (Lipinski definition) is 2. The van der Waals surface area contributed by atoms with Crippen molar-refractivity contribution in [1.82, 2.24) is 20.3 Å². The number of alkyl halides is 3. The van der Waals surface area contributed by atoms with Gasteiger partial charge in [0.15, 0.2) is 6.23 Å². The van der Waals surface area contributed by atoms with Gasteiger partial charge in [-0.15, -0.1) is 0 Å². The Morgan fingerprint density at radius 2 is 1.91 bits per heavy atom. The van der Waals surface area contributed by atoms with Crippen LogP contribution in [0.25, 0.3) is 0 Å². The molecule has 1 unspecified atom stereocenters. The van der Waals surface area contributed by atoms with Crippen molar-refractivity contribution in [1.29, 1.82) is 0 Å². The monoisotopic (exact) mass is 326 g/mol. The Morgan fingerprint density at radius 3 is 2.52 bits per heavy atom. The molecule has 0 saturated carbocycles. The number of H-pyrrole nitrogens is 1. The number of aliphatic hydroxyl groups excluding tert-OH is 1. The number of aromatic nitrogens is 3. The maximum absolute atomic E-state index is 13.1. The lowest BCUT2D eigenvalue weighted by atomic mass is 9.86. The predicted octanol–water partition coefficient (Wildman–Crippen LogP) is 2.69. The van der Waals surface area contributed by atoms with E-state index in [-0.39, 0.29) is 5.92 Å². The average molecular weight is 326 g/mol. The summed E-state index contributed by atoms with van der Waals surface area (Å²) < 4.78 is 39.4. The van der Waals surface area contributed by atoms with E-state index in [1.54, 1.807) is 17.0 Å². The van der Waals surface area contributed by atoms with Crippen LogP contribution in [0, 0.1) is 0 Å². The van der Waals surface area contributed by atoms with Gasteiger partial charge in [-0.25, -0.2) is 0 Å². The number of hydrogen-bond acceptors (Lipinski definition) is 4. The zero-order chi connectivity index (χ0) is 16.4. The minimum Gasteiger partial charge on any atom is -0.372 e. The van der Waals surface area contributed by atoms with Crippen molar-refractivity contribution >= 4 is 0 Å². The molecule has 2 N–H and O–H groups in total. The highest BCUT2D eigenvalue weighted by atomic mass is 19.4. The molecule has 2 aromatic rings. The Bertz CT molecular complexity index is 636. The summed E-state index contributed by atoms with van der Waals surface area (Å²) >= 11 is 0.